The number of hydrogen-bond acceptors (Lipinski definition) is 5. The third kappa shape index (κ3) is 5.44. The van der Waals surface area contributed by atoms with Gasteiger partial charge in [-0.3, -0.25) is 9.48 Å². The average Bonchev–Trinajstić information content (AvgIpc) is 2.90. The van der Waals surface area contributed by atoms with Crippen LogP contribution in [0.15, 0.2) is 17.3 Å². The standard InChI is InChI=1S/C12H21N3O5S/c1-14(6-3-2-4-8-16)21(19,20)11-9-13-15(10-11)7-5-12(17)18/h9-10,16H,2-8H2,1H3,(H,17,18). The fraction of sp³-hybridized carbons (Fsp3) is 0.667. The molecule has 0 spiro atoms. The first kappa shape index (κ1) is 17.6. The molecule has 0 aliphatic heterocycles. The Bertz CT molecular complexity index is 555. The number of hydrogen-bond donors (Lipinski definition) is 2. The van der Waals surface area contributed by atoms with E-state index in [0.717, 1.165) is 6.42 Å². The molecule has 21 heavy (non-hydrogen) atoms. The van der Waals surface area contributed by atoms with E-state index in [9.17, 15) is 13.2 Å². The Hall–Kier alpha value is -1.45. The SMILES string of the molecule is CN(CCCCCO)S(=O)(=O)c1cnn(CCC(=O)O)c1. The number of carbonyl (C=O) groups is 1. The Morgan fingerprint density at radius 1 is 1.38 bits per heavy atom. The maximum atomic E-state index is 12.3. The molecule has 0 fully saturated rings. The second-order valence-corrected chi connectivity index (χ2v) is 6.74. The molecule has 1 aromatic rings. The first-order valence-corrected chi connectivity index (χ1v) is 8.13. The van der Waals surface area contributed by atoms with Crippen molar-refractivity contribution in [3.8, 4) is 0 Å². The highest BCUT2D eigenvalue weighted by molar-refractivity contribution is 7.89. The highest BCUT2D eigenvalue weighted by atomic mass is 32.2. The molecule has 0 saturated heterocycles. The van der Waals surface area contributed by atoms with Crippen LogP contribution in [0.3, 0.4) is 0 Å². The molecule has 0 aliphatic rings. The van der Waals surface area contributed by atoms with Crippen molar-refractivity contribution in [1.82, 2.24) is 14.1 Å². The molecular weight excluding hydrogens is 298 g/mol. The molecule has 0 atom stereocenters. The Kier molecular flexibility index (Phi) is 6.79. The fourth-order valence-electron chi connectivity index (χ4n) is 1.73. The van der Waals surface area contributed by atoms with Gasteiger partial charge in [0.15, 0.2) is 0 Å². The third-order valence-corrected chi connectivity index (χ3v) is 4.81. The van der Waals surface area contributed by atoms with Crippen molar-refractivity contribution in [2.75, 3.05) is 20.2 Å². The van der Waals surface area contributed by atoms with Gasteiger partial charge in [0.2, 0.25) is 10.0 Å². The molecular formula is C12H21N3O5S. The van der Waals surface area contributed by atoms with Crippen LogP contribution in [-0.4, -0.2) is 58.9 Å². The molecule has 0 aromatic carbocycles. The molecule has 0 unspecified atom stereocenters. The van der Waals surface area contributed by atoms with E-state index in [1.165, 1.54) is 28.4 Å². The Morgan fingerprint density at radius 3 is 2.71 bits per heavy atom. The van der Waals surface area contributed by atoms with E-state index in [1.807, 2.05) is 0 Å². The van der Waals surface area contributed by atoms with Gasteiger partial charge in [-0.1, -0.05) is 0 Å². The number of rotatable bonds is 10. The molecule has 1 rings (SSSR count). The number of aliphatic hydroxyl groups excluding tert-OH is 1. The molecule has 0 bridgehead atoms. The molecule has 2 N–H and O–H groups in total. The molecule has 8 nitrogen and oxygen atoms in total. The summed E-state index contributed by atoms with van der Waals surface area (Å²) >= 11 is 0. The lowest BCUT2D eigenvalue weighted by Crippen LogP contribution is -2.27. The summed E-state index contributed by atoms with van der Waals surface area (Å²) in [5.74, 6) is -0.962. The number of aliphatic hydroxyl groups is 1. The van der Waals surface area contributed by atoms with Crippen LogP contribution in [-0.2, 0) is 21.4 Å². The van der Waals surface area contributed by atoms with Crippen molar-refractivity contribution in [3.05, 3.63) is 12.4 Å². The molecule has 120 valence electrons. The number of aliphatic carboxylic acids is 1. The highest BCUT2D eigenvalue weighted by Gasteiger charge is 2.22. The van der Waals surface area contributed by atoms with Crippen molar-refractivity contribution in [1.29, 1.82) is 0 Å². The lowest BCUT2D eigenvalue weighted by atomic mass is 10.2. The normalized spacial score (nSPS) is 12.0. The zero-order chi connectivity index (χ0) is 15.9. The van der Waals surface area contributed by atoms with Crippen molar-refractivity contribution in [3.63, 3.8) is 0 Å². The van der Waals surface area contributed by atoms with Gasteiger partial charge < -0.3 is 10.2 Å². The zero-order valence-electron chi connectivity index (χ0n) is 12.0. The number of carboxylic acid groups (broad SMARTS) is 1. The van der Waals surface area contributed by atoms with Gasteiger partial charge in [0, 0.05) is 26.4 Å². The minimum atomic E-state index is -3.60. The van der Waals surface area contributed by atoms with E-state index in [-0.39, 0.29) is 24.5 Å². The van der Waals surface area contributed by atoms with E-state index in [2.05, 4.69) is 5.10 Å². The van der Waals surface area contributed by atoms with Crippen LogP contribution in [0, 0.1) is 0 Å². The van der Waals surface area contributed by atoms with E-state index in [4.69, 9.17) is 10.2 Å². The summed E-state index contributed by atoms with van der Waals surface area (Å²) in [6, 6.07) is 0. The van der Waals surface area contributed by atoms with Crippen LogP contribution < -0.4 is 0 Å². The van der Waals surface area contributed by atoms with Crippen LogP contribution >= 0.6 is 0 Å². The second-order valence-electron chi connectivity index (χ2n) is 4.69. The first-order chi connectivity index (χ1) is 9.87. The highest BCUT2D eigenvalue weighted by Crippen LogP contribution is 2.14. The van der Waals surface area contributed by atoms with E-state index in [1.54, 1.807) is 0 Å². The van der Waals surface area contributed by atoms with Gasteiger partial charge >= 0.3 is 5.97 Å². The van der Waals surface area contributed by atoms with Crippen molar-refractivity contribution < 1.29 is 23.4 Å². The van der Waals surface area contributed by atoms with Gasteiger partial charge in [0.05, 0.1) is 19.2 Å². The summed E-state index contributed by atoms with van der Waals surface area (Å²) in [4.78, 5) is 10.5. The monoisotopic (exact) mass is 319 g/mol. The number of aromatic nitrogens is 2. The topological polar surface area (TPSA) is 113 Å². The van der Waals surface area contributed by atoms with Gasteiger partial charge in [0.1, 0.15) is 4.90 Å². The first-order valence-electron chi connectivity index (χ1n) is 6.69. The van der Waals surface area contributed by atoms with Crippen LogP contribution in [0.4, 0.5) is 0 Å². The summed E-state index contributed by atoms with van der Waals surface area (Å²) in [6.45, 7) is 0.598. The van der Waals surface area contributed by atoms with Gasteiger partial charge in [0.25, 0.3) is 0 Å². The summed E-state index contributed by atoms with van der Waals surface area (Å²) < 4.78 is 27.1. The Balaban J connectivity index is 2.62. The third-order valence-electron chi connectivity index (χ3n) is 3.00. The second kappa shape index (κ2) is 8.11. The predicted molar refractivity (Wildman–Crippen MR) is 75.2 cm³/mol. The molecule has 9 heteroatoms. The number of unbranched alkanes of at least 4 members (excludes halogenated alkanes) is 2. The molecule has 0 amide bonds. The molecule has 0 aliphatic carbocycles. The Labute approximate surface area is 124 Å². The molecule has 0 radical (unpaired) electrons. The van der Waals surface area contributed by atoms with Gasteiger partial charge in [-0.15, -0.1) is 0 Å². The van der Waals surface area contributed by atoms with Crippen LogP contribution in [0.25, 0.3) is 0 Å². The maximum absolute atomic E-state index is 12.3. The van der Waals surface area contributed by atoms with Crippen molar-refractivity contribution in [2.24, 2.45) is 0 Å². The average molecular weight is 319 g/mol. The number of nitrogens with zero attached hydrogens (tertiary/aromatic N) is 3. The smallest absolute Gasteiger partial charge is 0.305 e. The number of aryl methyl sites for hydroxylation is 1. The van der Waals surface area contributed by atoms with Gasteiger partial charge in [-0.2, -0.15) is 5.10 Å². The number of carboxylic acids is 1. The van der Waals surface area contributed by atoms with Crippen molar-refractivity contribution in [2.45, 2.75) is 37.1 Å². The summed E-state index contributed by atoms with van der Waals surface area (Å²) in [5.41, 5.74) is 0. The molecule has 1 aromatic heterocycles. The van der Waals surface area contributed by atoms with Gasteiger partial charge in [-0.05, 0) is 19.3 Å². The largest absolute Gasteiger partial charge is 0.481 e. The van der Waals surface area contributed by atoms with E-state index < -0.39 is 16.0 Å². The summed E-state index contributed by atoms with van der Waals surface area (Å²) in [5, 5.41) is 21.1. The number of sulfonamides is 1. The zero-order valence-corrected chi connectivity index (χ0v) is 12.8. The van der Waals surface area contributed by atoms with Gasteiger partial charge in [-0.25, -0.2) is 12.7 Å². The Morgan fingerprint density at radius 2 is 2.10 bits per heavy atom. The summed E-state index contributed by atoms with van der Waals surface area (Å²) in [6.07, 6.45) is 4.53. The van der Waals surface area contributed by atoms with E-state index >= 15 is 0 Å². The molecule has 0 saturated carbocycles. The van der Waals surface area contributed by atoms with Crippen LogP contribution in [0.5, 0.6) is 0 Å². The lowest BCUT2D eigenvalue weighted by molar-refractivity contribution is -0.137. The quantitative estimate of drug-likeness (QED) is 0.593. The predicted octanol–water partition coefficient (Wildman–Crippen LogP) is 0.141. The van der Waals surface area contributed by atoms with Crippen LogP contribution in [0.1, 0.15) is 25.7 Å². The summed E-state index contributed by atoms with van der Waals surface area (Å²) in [7, 11) is -2.11. The minimum Gasteiger partial charge on any atom is -0.481 e. The van der Waals surface area contributed by atoms with Crippen LogP contribution in [0.2, 0.25) is 0 Å². The lowest BCUT2D eigenvalue weighted by Gasteiger charge is -2.15. The molecule has 1 heterocycles. The minimum absolute atomic E-state index is 0.0533. The fourth-order valence-corrected chi connectivity index (χ4v) is 2.90. The van der Waals surface area contributed by atoms with E-state index in [0.29, 0.717) is 19.4 Å². The van der Waals surface area contributed by atoms with Crippen molar-refractivity contribution >= 4 is 16.0 Å². The maximum Gasteiger partial charge on any atom is 0.305 e.